The van der Waals surface area contributed by atoms with Gasteiger partial charge in [-0.2, -0.15) is 0 Å². The van der Waals surface area contributed by atoms with Crippen molar-refractivity contribution in [1.29, 1.82) is 0 Å². The van der Waals surface area contributed by atoms with Crippen molar-refractivity contribution in [2.75, 3.05) is 19.6 Å². The molecular formula is C13H28N2O. The molecular weight excluding hydrogens is 200 g/mol. The average molecular weight is 228 g/mol. The van der Waals surface area contributed by atoms with Crippen molar-refractivity contribution in [3.63, 3.8) is 0 Å². The molecule has 3 heteroatoms. The van der Waals surface area contributed by atoms with Gasteiger partial charge in [0.1, 0.15) is 0 Å². The van der Waals surface area contributed by atoms with E-state index in [-0.39, 0.29) is 6.10 Å². The molecule has 0 bridgehead atoms. The highest BCUT2D eigenvalue weighted by atomic mass is 16.3. The zero-order chi connectivity index (χ0) is 11.6. The molecule has 3 N–H and O–H groups in total. The van der Waals surface area contributed by atoms with Crippen molar-refractivity contribution in [2.24, 2.45) is 0 Å². The Bertz CT molecular complexity index is 164. The molecule has 1 aliphatic heterocycles. The minimum absolute atomic E-state index is 0.124. The molecule has 1 aliphatic rings. The lowest BCUT2D eigenvalue weighted by molar-refractivity contribution is 0.193. The molecule has 0 saturated carbocycles. The first kappa shape index (κ1) is 13.9. The second-order valence-electron chi connectivity index (χ2n) is 4.97. The number of aliphatic hydroxyl groups is 1. The fraction of sp³-hybridized carbons (Fsp3) is 1.00. The van der Waals surface area contributed by atoms with Crippen molar-refractivity contribution in [3.8, 4) is 0 Å². The van der Waals surface area contributed by atoms with Crippen molar-refractivity contribution >= 4 is 0 Å². The van der Waals surface area contributed by atoms with Gasteiger partial charge in [-0.15, -0.1) is 0 Å². The Hall–Kier alpha value is -0.120. The molecule has 0 aromatic carbocycles. The smallest absolute Gasteiger partial charge is 0.0680 e. The summed E-state index contributed by atoms with van der Waals surface area (Å²) in [6, 6.07) is 0.482. The van der Waals surface area contributed by atoms with Crippen molar-refractivity contribution < 1.29 is 5.11 Å². The molecule has 16 heavy (non-hydrogen) atoms. The second kappa shape index (κ2) is 8.97. The lowest BCUT2D eigenvalue weighted by Crippen LogP contribution is -2.34. The van der Waals surface area contributed by atoms with Gasteiger partial charge in [0.15, 0.2) is 0 Å². The highest BCUT2D eigenvalue weighted by Crippen LogP contribution is 2.06. The Morgan fingerprint density at radius 3 is 2.62 bits per heavy atom. The van der Waals surface area contributed by atoms with Crippen LogP contribution in [0.15, 0.2) is 0 Å². The summed E-state index contributed by atoms with van der Waals surface area (Å²) in [4.78, 5) is 0. The predicted octanol–water partition coefficient (Wildman–Crippen LogP) is 1.66. The quantitative estimate of drug-likeness (QED) is 0.526. The normalized spacial score (nSPS) is 25.1. The third-order valence-electron chi connectivity index (χ3n) is 3.30. The van der Waals surface area contributed by atoms with Gasteiger partial charge >= 0.3 is 0 Å². The molecule has 2 unspecified atom stereocenters. The van der Waals surface area contributed by atoms with E-state index in [0.29, 0.717) is 6.04 Å². The number of β-amino-alcohol motifs (C(OH)–C–C–N with tert-alkyl or cyclic N) is 1. The van der Waals surface area contributed by atoms with Crippen LogP contribution < -0.4 is 10.6 Å². The lowest BCUT2D eigenvalue weighted by atomic mass is 10.1. The Kier molecular flexibility index (Phi) is 7.81. The first-order valence-electron chi connectivity index (χ1n) is 6.95. The van der Waals surface area contributed by atoms with E-state index in [1.165, 1.54) is 38.5 Å². The maximum atomic E-state index is 9.33. The molecule has 2 atom stereocenters. The maximum Gasteiger partial charge on any atom is 0.0680 e. The Morgan fingerprint density at radius 1 is 1.19 bits per heavy atom. The van der Waals surface area contributed by atoms with Crippen molar-refractivity contribution in [2.45, 2.75) is 64.0 Å². The monoisotopic (exact) mass is 228 g/mol. The van der Waals surface area contributed by atoms with Crippen LogP contribution in [0.5, 0.6) is 0 Å². The molecule has 1 saturated heterocycles. The van der Waals surface area contributed by atoms with Crippen LogP contribution in [-0.2, 0) is 0 Å². The second-order valence-corrected chi connectivity index (χ2v) is 4.97. The molecule has 1 heterocycles. The van der Waals surface area contributed by atoms with Crippen molar-refractivity contribution in [3.05, 3.63) is 0 Å². The molecule has 0 radical (unpaired) electrons. The van der Waals surface area contributed by atoms with Crippen molar-refractivity contribution in [1.82, 2.24) is 10.6 Å². The molecule has 0 aromatic heterocycles. The summed E-state index contributed by atoms with van der Waals surface area (Å²) in [6.07, 6.45) is 8.92. The van der Waals surface area contributed by atoms with Gasteiger partial charge < -0.3 is 15.7 Å². The number of aliphatic hydroxyl groups excluding tert-OH is 1. The van der Waals surface area contributed by atoms with Crippen LogP contribution in [0.3, 0.4) is 0 Å². The van der Waals surface area contributed by atoms with Crippen LogP contribution in [-0.4, -0.2) is 36.9 Å². The van der Waals surface area contributed by atoms with Crippen LogP contribution in [0.1, 0.15) is 51.9 Å². The van der Waals surface area contributed by atoms with Gasteiger partial charge in [-0.3, -0.25) is 0 Å². The molecule has 1 fully saturated rings. The largest absolute Gasteiger partial charge is 0.392 e. The number of unbranched alkanes of at least 4 members (excludes halogenated alkanes) is 5. The van der Waals surface area contributed by atoms with E-state index >= 15 is 0 Å². The molecule has 0 aromatic rings. The van der Waals surface area contributed by atoms with E-state index < -0.39 is 0 Å². The molecule has 0 aliphatic carbocycles. The molecule has 96 valence electrons. The van der Waals surface area contributed by atoms with Gasteiger partial charge in [0, 0.05) is 19.1 Å². The minimum Gasteiger partial charge on any atom is -0.392 e. The third kappa shape index (κ3) is 6.46. The van der Waals surface area contributed by atoms with Gasteiger partial charge in [0.2, 0.25) is 0 Å². The number of hydrogen-bond donors (Lipinski definition) is 3. The Balaban J connectivity index is 1.78. The lowest BCUT2D eigenvalue weighted by Gasteiger charge is -2.11. The van der Waals surface area contributed by atoms with Gasteiger partial charge in [0.05, 0.1) is 6.10 Å². The summed E-state index contributed by atoms with van der Waals surface area (Å²) in [5.41, 5.74) is 0. The fourth-order valence-corrected chi connectivity index (χ4v) is 2.26. The van der Waals surface area contributed by atoms with E-state index in [2.05, 4.69) is 17.6 Å². The van der Waals surface area contributed by atoms with Gasteiger partial charge in [0.25, 0.3) is 0 Å². The van der Waals surface area contributed by atoms with Crippen LogP contribution in [0.2, 0.25) is 0 Å². The summed E-state index contributed by atoms with van der Waals surface area (Å²) < 4.78 is 0. The molecule has 1 rings (SSSR count). The SMILES string of the molecule is CCCCCCCCNCC1CC(O)CN1. The standard InChI is InChI=1S/C13H28N2O/c1-2-3-4-5-6-7-8-14-10-12-9-13(16)11-15-12/h12-16H,2-11H2,1H3. The number of hydrogen-bond acceptors (Lipinski definition) is 3. The topological polar surface area (TPSA) is 44.3 Å². The molecule has 0 spiro atoms. The zero-order valence-electron chi connectivity index (χ0n) is 10.7. The van der Waals surface area contributed by atoms with E-state index in [1.807, 2.05) is 0 Å². The highest BCUT2D eigenvalue weighted by molar-refractivity contribution is 4.82. The average Bonchev–Trinajstić information content (AvgIpc) is 2.68. The Morgan fingerprint density at radius 2 is 1.94 bits per heavy atom. The van der Waals surface area contributed by atoms with Crippen LogP contribution in [0.4, 0.5) is 0 Å². The van der Waals surface area contributed by atoms with Gasteiger partial charge in [-0.05, 0) is 19.4 Å². The summed E-state index contributed by atoms with van der Waals surface area (Å²) >= 11 is 0. The first-order valence-corrected chi connectivity index (χ1v) is 6.95. The van der Waals surface area contributed by atoms with E-state index in [9.17, 15) is 5.11 Å². The zero-order valence-corrected chi connectivity index (χ0v) is 10.7. The number of nitrogens with one attached hydrogen (secondary N) is 2. The molecule has 3 nitrogen and oxygen atoms in total. The van der Waals surface area contributed by atoms with E-state index in [1.54, 1.807) is 0 Å². The number of rotatable bonds is 9. The van der Waals surface area contributed by atoms with Crippen LogP contribution >= 0.6 is 0 Å². The van der Waals surface area contributed by atoms with E-state index in [0.717, 1.165) is 26.1 Å². The Labute approximate surface area is 100 Å². The first-order chi connectivity index (χ1) is 7.83. The highest BCUT2D eigenvalue weighted by Gasteiger charge is 2.20. The minimum atomic E-state index is -0.124. The van der Waals surface area contributed by atoms with E-state index in [4.69, 9.17) is 0 Å². The summed E-state index contributed by atoms with van der Waals surface area (Å²) in [5, 5.41) is 16.1. The summed E-state index contributed by atoms with van der Waals surface area (Å²) in [7, 11) is 0. The summed E-state index contributed by atoms with van der Waals surface area (Å²) in [5.74, 6) is 0. The third-order valence-corrected chi connectivity index (χ3v) is 3.30. The summed E-state index contributed by atoms with van der Waals surface area (Å²) in [6.45, 7) is 5.15. The maximum absolute atomic E-state index is 9.33. The fourth-order valence-electron chi connectivity index (χ4n) is 2.26. The molecule has 0 amide bonds. The van der Waals surface area contributed by atoms with Crippen LogP contribution in [0, 0.1) is 0 Å². The predicted molar refractivity (Wildman–Crippen MR) is 68.7 cm³/mol. The van der Waals surface area contributed by atoms with Gasteiger partial charge in [-0.25, -0.2) is 0 Å². The van der Waals surface area contributed by atoms with Crippen LogP contribution in [0.25, 0.3) is 0 Å². The van der Waals surface area contributed by atoms with Gasteiger partial charge in [-0.1, -0.05) is 39.0 Å².